The zero-order valence-corrected chi connectivity index (χ0v) is 8.70. The van der Waals surface area contributed by atoms with E-state index >= 15 is 0 Å². The molecule has 0 heterocycles. The minimum atomic E-state index is 0.571. The summed E-state index contributed by atoms with van der Waals surface area (Å²) in [7, 11) is 0. The normalized spacial score (nSPS) is 42.8. The average Bonchev–Trinajstić information content (AvgIpc) is 2.03. The third-order valence-electron chi connectivity index (χ3n) is 4.07. The Labute approximate surface area is 71.4 Å². The second-order valence-corrected chi connectivity index (χ2v) is 5.31. The summed E-state index contributed by atoms with van der Waals surface area (Å²) in [6, 6.07) is 0. The van der Waals surface area contributed by atoms with E-state index in [0.717, 1.165) is 5.92 Å². The molecule has 0 heteroatoms. The molecule has 0 aliphatic heterocycles. The lowest BCUT2D eigenvalue weighted by Gasteiger charge is -2.37. The van der Waals surface area contributed by atoms with Crippen LogP contribution in [0.15, 0.2) is 0 Å². The third-order valence-corrected chi connectivity index (χ3v) is 4.07. The third kappa shape index (κ3) is 1.32. The van der Waals surface area contributed by atoms with Gasteiger partial charge in [-0.2, -0.15) is 0 Å². The van der Waals surface area contributed by atoms with Gasteiger partial charge in [0.25, 0.3) is 0 Å². The molecule has 66 valence electrons. The maximum atomic E-state index is 2.45. The van der Waals surface area contributed by atoms with E-state index in [9.17, 15) is 0 Å². The maximum absolute atomic E-state index is 2.45. The fourth-order valence-electron chi connectivity index (χ4n) is 2.86. The second-order valence-electron chi connectivity index (χ2n) is 5.31. The predicted octanol–water partition coefficient (Wildman–Crippen LogP) is 3.86. The summed E-state index contributed by atoms with van der Waals surface area (Å²) in [6.45, 7) is 12.0. The summed E-state index contributed by atoms with van der Waals surface area (Å²) >= 11 is 0. The second kappa shape index (κ2) is 2.50. The zero-order valence-electron chi connectivity index (χ0n) is 8.70. The highest BCUT2D eigenvalue weighted by atomic mass is 14.5. The smallest absolute Gasteiger partial charge is 0.0275 e. The highest BCUT2D eigenvalue weighted by Gasteiger charge is 2.46. The highest BCUT2D eigenvalue weighted by Crippen LogP contribution is 2.56. The summed E-state index contributed by atoms with van der Waals surface area (Å²) < 4.78 is 0. The molecule has 0 aromatic rings. The molecule has 1 saturated carbocycles. The van der Waals surface area contributed by atoms with E-state index in [1.807, 2.05) is 0 Å². The molecule has 2 unspecified atom stereocenters. The van der Waals surface area contributed by atoms with E-state index in [2.05, 4.69) is 34.6 Å². The van der Waals surface area contributed by atoms with E-state index in [4.69, 9.17) is 0 Å². The van der Waals surface area contributed by atoms with Gasteiger partial charge in [-0.05, 0) is 29.6 Å². The molecule has 0 nitrogen and oxygen atoms in total. The summed E-state index contributed by atoms with van der Waals surface area (Å²) in [4.78, 5) is 0. The Bertz CT molecular complexity index is 146. The lowest BCUT2D eigenvalue weighted by Crippen LogP contribution is -2.28. The van der Waals surface area contributed by atoms with E-state index < -0.39 is 0 Å². The molecule has 1 rings (SSSR count). The topological polar surface area (TPSA) is 0 Å². The van der Waals surface area contributed by atoms with Crippen LogP contribution in [0.5, 0.6) is 0 Å². The minimum absolute atomic E-state index is 0.571. The molecule has 0 amide bonds. The standard InChI is InChI=1S/C11H22/c1-6-11(5)8-9(2)7-10(11,3)4/h9H,6-8H2,1-5H3. The van der Waals surface area contributed by atoms with Gasteiger partial charge in [-0.15, -0.1) is 0 Å². The van der Waals surface area contributed by atoms with Crippen LogP contribution in [-0.2, 0) is 0 Å². The van der Waals surface area contributed by atoms with Crippen LogP contribution in [0.25, 0.3) is 0 Å². The van der Waals surface area contributed by atoms with Crippen LogP contribution < -0.4 is 0 Å². The molecule has 0 aromatic carbocycles. The molecular weight excluding hydrogens is 132 g/mol. The zero-order chi connectivity index (χ0) is 8.70. The molecule has 11 heavy (non-hydrogen) atoms. The van der Waals surface area contributed by atoms with Crippen molar-refractivity contribution in [3.05, 3.63) is 0 Å². The molecule has 0 aromatic heterocycles. The molecule has 0 radical (unpaired) electrons. The van der Waals surface area contributed by atoms with Crippen LogP contribution in [0.4, 0.5) is 0 Å². The van der Waals surface area contributed by atoms with Crippen molar-refractivity contribution in [2.75, 3.05) is 0 Å². The number of rotatable bonds is 1. The summed E-state index contributed by atoms with van der Waals surface area (Å²) in [5.74, 6) is 0.940. The Morgan fingerprint density at radius 1 is 1.18 bits per heavy atom. The van der Waals surface area contributed by atoms with Gasteiger partial charge in [0.05, 0.1) is 0 Å². The average molecular weight is 154 g/mol. The lowest BCUT2D eigenvalue weighted by molar-refractivity contribution is 0.126. The van der Waals surface area contributed by atoms with Crippen molar-refractivity contribution in [1.82, 2.24) is 0 Å². The van der Waals surface area contributed by atoms with Crippen molar-refractivity contribution >= 4 is 0 Å². The predicted molar refractivity (Wildman–Crippen MR) is 50.6 cm³/mol. The molecule has 0 spiro atoms. The van der Waals surface area contributed by atoms with E-state index in [-0.39, 0.29) is 0 Å². The van der Waals surface area contributed by atoms with Crippen molar-refractivity contribution in [3.8, 4) is 0 Å². The first kappa shape index (κ1) is 9.09. The van der Waals surface area contributed by atoms with Gasteiger partial charge in [-0.3, -0.25) is 0 Å². The van der Waals surface area contributed by atoms with Gasteiger partial charge >= 0.3 is 0 Å². The van der Waals surface area contributed by atoms with Crippen molar-refractivity contribution in [1.29, 1.82) is 0 Å². The summed E-state index contributed by atoms with van der Waals surface area (Å²) in [5, 5.41) is 0. The summed E-state index contributed by atoms with van der Waals surface area (Å²) in [6.07, 6.45) is 4.18. The van der Waals surface area contributed by atoms with Crippen LogP contribution >= 0.6 is 0 Å². The number of hydrogen-bond acceptors (Lipinski definition) is 0. The van der Waals surface area contributed by atoms with E-state index in [0.29, 0.717) is 10.8 Å². The van der Waals surface area contributed by atoms with Gasteiger partial charge < -0.3 is 0 Å². The Morgan fingerprint density at radius 2 is 1.73 bits per heavy atom. The molecule has 1 aliphatic carbocycles. The van der Waals surface area contributed by atoms with Crippen molar-refractivity contribution in [3.63, 3.8) is 0 Å². The van der Waals surface area contributed by atoms with Crippen molar-refractivity contribution in [2.24, 2.45) is 16.7 Å². The van der Waals surface area contributed by atoms with Crippen molar-refractivity contribution in [2.45, 2.75) is 53.9 Å². The van der Waals surface area contributed by atoms with Gasteiger partial charge in [0.1, 0.15) is 0 Å². The minimum Gasteiger partial charge on any atom is -0.0648 e. The largest absolute Gasteiger partial charge is 0.0648 e. The van der Waals surface area contributed by atoms with Gasteiger partial charge in [-0.25, -0.2) is 0 Å². The Hall–Kier alpha value is 0. The Morgan fingerprint density at radius 3 is 1.91 bits per heavy atom. The fourth-order valence-corrected chi connectivity index (χ4v) is 2.86. The lowest BCUT2D eigenvalue weighted by atomic mass is 9.68. The van der Waals surface area contributed by atoms with Gasteiger partial charge in [0.15, 0.2) is 0 Å². The van der Waals surface area contributed by atoms with Gasteiger partial charge in [-0.1, -0.05) is 41.0 Å². The fraction of sp³-hybridized carbons (Fsp3) is 1.00. The van der Waals surface area contributed by atoms with E-state index in [1.54, 1.807) is 0 Å². The molecule has 1 aliphatic rings. The Balaban J connectivity index is 2.81. The molecule has 1 fully saturated rings. The molecule has 0 bridgehead atoms. The molecule has 0 N–H and O–H groups in total. The van der Waals surface area contributed by atoms with E-state index in [1.165, 1.54) is 19.3 Å². The van der Waals surface area contributed by atoms with Crippen LogP contribution in [0.1, 0.15) is 53.9 Å². The molecular formula is C11H22. The van der Waals surface area contributed by atoms with Gasteiger partial charge in [0.2, 0.25) is 0 Å². The van der Waals surface area contributed by atoms with Crippen LogP contribution in [0.2, 0.25) is 0 Å². The monoisotopic (exact) mass is 154 g/mol. The van der Waals surface area contributed by atoms with Gasteiger partial charge in [0, 0.05) is 0 Å². The number of hydrogen-bond donors (Lipinski definition) is 0. The quantitative estimate of drug-likeness (QED) is 0.538. The van der Waals surface area contributed by atoms with Crippen LogP contribution in [0, 0.1) is 16.7 Å². The first-order valence-electron chi connectivity index (χ1n) is 4.91. The van der Waals surface area contributed by atoms with Crippen molar-refractivity contribution < 1.29 is 0 Å². The van der Waals surface area contributed by atoms with Crippen LogP contribution in [-0.4, -0.2) is 0 Å². The highest BCUT2D eigenvalue weighted by molar-refractivity contribution is 4.96. The Kier molecular flexibility index (Phi) is 2.07. The maximum Gasteiger partial charge on any atom is -0.0275 e. The molecule has 0 saturated heterocycles. The first-order chi connectivity index (χ1) is 4.91. The molecule has 2 atom stereocenters. The summed E-state index contributed by atoms with van der Waals surface area (Å²) in [5.41, 5.74) is 1.17. The van der Waals surface area contributed by atoms with Crippen LogP contribution in [0.3, 0.4) is 0 Å². The SMILES string of the molecule is CCC1(C)CC(C)CC1(C)C. The first-order valence-corrected chi connectivity index (χ1v) is 4.91.